The van der Waals surface area contributed by atoms with Crippen molar-refractivity contribution in [3.8, 4) is 6.07 Å². The highest BCUT2D eigenvalue weighted by atomic mass is 32.2. The van der Waals surface area contributed by atoms with Crippen LogP contribution in [0.25, 0.3) is 0 Å². The van der Waals surface area contributed by atoms with Gasteiger partial charge in [-0.2, -0.15) is 5.26 Å². The molecule has 1 aromatic carbocycles. The quantitative estimate of drug-likeness (QED) is 0.614. The molecule has 0 radical (unpaired) electrons. The van der Waals surface area contributed by atoms with Gasteiger partial charge in [0.25, 0.3) is 0 Å². The predicted octanol–water partition coefficient (Wildman–Crippen LogP) is 3.83. The van der Waals surface area contributed by atoms with Crippen LogP contribution < -0.4 is 5.73 Å². The summed E-state index contributed by atoms with van der Waals surface area (Å²) in [6.07, 6.45) is 1.07. The second kappa shape index (κ2) is 8.63. The van der Waals surface area contributed by atoms with Gasteiger partial charge in [0.2, 0.25) is 5.88 Å². The number of nitrogens with two attached hydrogens (primary N) is 1. The summed E-state index contributed by atoms with van der Waals surface area (Å²) < 4.78 is 10.6. The van der Waals surface area contributed by atoms with E-state index >= 15 is 0 Å². The number of benzene rings is 1. The van der Waals surface area contributed by atoms with Crippen molar-refractivity contribution in [2.24, 2.45) is 5.73 Å². The normalized spacial score (nSPS) is 17.1. The van der Waals surface area contributed by atoms with Crippen molar-refractivity contribution in [3.05, 3.63) is 52.6 Å². The second-order valence-corrected chi connectivity index (χ2v) is 6.70. The number of esters is 1. The molecule has 0 saturated carbocycles. The Hall–Kier alpha value is -2.39. The average Bonchev–Trinajstić information content (AvgIpc) is 2.59. The van der Waals surface area contributed by atoms with Gasteiger partial charge in [-0.15, -0.1) is 11.8 Å². The summed E-state index contributed by atoms with van der Waals surface area (Å²) in [6.45, 7) is 5.77. The third-order valence-electron chi connectivity index (χ3n) is 3.77. The Labute approximate surface area is 152 Å². The summed E-state index contributed by atoms with van der Waals surface area (Å²) >= 11 is 1.74. The third-order valence-corrected chi connectivity index (χ3v) is 4.96. The van der Waals surface area contributed by atoms with Crippen molar-refractivity contribution in [2.75, 3.05) is 12.4 Å². The lowest BCUT2D eigenvalue weighted by Crippen LogP contribution is -2.25. The van der Waals surface area contributed by atoms with Gasteiger partial charge in [-0.25, -0.2) is 4.79 Å². The summed E-state index contributed by atoms with van der Waals surface area (Å²) in [6, 6.07) is 9.92. The van der Waals surface area contributed by atoms with Crippen LogP contribution in [0.3, 0.4) is 0 Å². The standard InChI is InChI=1S/C19H22N2O3S/c1-4-9-25-14-8-6-7-13(10-14)17-15(11-20)18(21)24-12(3)16(17)19(22)23-5-2/h6-8,10,17H,4-5,9,21H2,1-3H3. The minimum absolute atomic E-state index is 0.0321. The lowest BCUT2D eigenvalue weighted by molar-refractivity contribution is -0.139. The van der Waals surface area contributed by atoms with Gasteiger partial charge in [-0.3, -0.25) is 0 Å². The number of carbonyl (C=O) groups excluding carboxylic acids is 1. The van der Waals surface area contributed by atoms with Crippen LogP contribution in [-0.4, -0.2) is 18.3 Å². The molecule has 1 aromatic rings. The zero-order valence-electron chi connectivity index (χ0n) is 14.7. The fourth-order valence-electron chi connectivity index (χ4n) is 2.69. The molecule has 6 heteroatoms. The van der Waals surface area contributed by atoms with E-state index in [-0.39, 0.29) is 18.1 Å². The topological polar surface area (TPSA) is 85.3 Å². The molecule has 0 amide bonds. The van der Waals surface area contributed by atoms with Crippen LogP contribution in [0.1, 0.15) is 38.7 Å². The number of thioether (sulfide) groups is 1. The van der Waals surface area contributed by atoms with Gasteiger partial charge in [0.1, 0.15) is 17.4 Å². The Morgan fingerprint density at radius 3 is 2.84 bits per heavy atom. The van der Waals surface area contributed by atoms with Crippen molar-refractivity contribution < 1.29 is 14.3 Å². The highest BCUT2D eigenvalue weighted by molar-refractivity contribution is 7.99. The molecule has 0 saturated heterocycles. The van der Waals surface area contributed by atoms with Gasteiger partial charge in [-0.1, -0.05) is 19.1 Å². The van der Waals surface area contributed by atoms with Crippen LogP contribution in [0.15, 0.2) is 51.9 Å². The fraction of sp³-hybridized carbons (Fsp3) is 0.368. The zero-order chi connectivity index (χ0) is 18.4. The van der Waals surface area contributed by atoms with Crippen LogP contribution in [0.4, 0.5) is 0 Å². The molecule has 2 N–H and O–H groups in total. The first kappa shape index (κ1) is 18.9. The van der Waals surface area contributed by atoms with E-state index in [1.807, 2.05) is 24.3 Å². The molecular weight excluding hydrogens is 336 g/mol. The van der Waals surface area contributed by atoms with E-state index in [4.69, 9.17) is 15.2 Å². The number of ether oxygens (including phenoxy) is 2. The molecule has 0 aromatic heterocycles. The highest BCUT2D eigenvalue weighted by Gasteiger charge is 2.36. The zero-order valence-corrected chi connectivity index (χ0v) is 15.5. The van der Waals surface area contributed by atoms with Gasteiger partial charge < -0.3 is 15.2 Å². The summed E-state index contributed by atoms with van der Waals surface area (Å²) in [5.74, 6) is 0.327. The average molecular weight is 358 g/mol. The minimum atomic E-state index is -0.583. The third kappa shape index (κ3) is 4.18. The number of hydrogen-bond acceptors (Lipinski definition) is 6. The smallest absolute Gasteiger partial charge is 0.338 e. The summed E-state index contributed by atoms with van der Waals surface area (Å²) in [4.78, 5) is 13.6. The van der Waals surface area contributed by atoms with E-state index < -0.39 is 11.9 Å². The van der Waals surface area contributed by atoms with E-state index in [0.29, 0.717) is 11.3 Å². The lowest BCUT2D eigenvalue weighted by Gasteiger charge is -2.27. The van der Waals surface area contributed by atoms with Crippen molar-refractivity contribution in [1.82, 2.24) is 0 Å². The van der Waals surface area contributed by atoms with Crippen LogP contribution >= 0.6 is 11.8 Å². The minimum Gasteiger partial charge on any atom is -0.463 e. The van der Waals surface area contributed by atoms with Crippen LogP contribution in [-0.2, 0) is 14.3 Å². The van der Waals surface area contributed by atoms with Gasteiger partial charge in [-0.05, 0) is 43.7 Å². The Morgan fingerprint density at radius 1 is 1.44 bits per heavy atom. The van der Waals surface area contributed by atoms with E-state index in [1.165, 1.54) is 0 Å². The number of nitrogens with zero attached hydrogens (tertiary/aromatic N) is 1. The molecule has 132 valence electrons. The molecule has 1 atom stereocenters. The first-order chi connectivity index (χ1) is 12.0. The number of allylic oxidation sites excluding steroid dienone is 2. The van der Waals surface area contributed by atoms with E-state index in [0.717, 1.165) is 22.6 Å². The summed E-state index contributed by atoms with van der Waals surface area (Å²) in [5.41, 5.74) is 7.28. The predicted molar refractivity (Wildman–Crippen MR) is 97.4 cm³/mol. The van der Waals surface area contributed by atoms with Crippen molar-refractivity contribution in [2.45, 2.75) is 38.0 Å². The second-order valence-electron chi connectivity index (χ2n) is 5.54. The van der Waals surface area contributed by atoms with Crippen molar-refractivity contribution in [1.29, 1.82) is 5.26 Å². The number of nitriles is 1. The van der Waals surface area contributed by atoms with Gasteiger partial charge >= 0.3 is 5.97 Å². The molecule has 0 aliphatic carbocycles. The van der Waals surface area contributed by atoms with Crippen molar-refractivity contribution >= 4 is 17.7 Å². The molecule has 0 bridgehead atoms. The molecule has 1 aliphatic heterocycles. The van der Waals surface area contributed by atoms with Gasteiger partial charge in [0.05, 0.1) is 18.1 Å². The summed E-state index contributed by atoms with van der Waals surface area (Å²) in [5, 5.41) is 9.57. The maximum absolute atomic E-state index is 12.5. The molecule has 5 nitrogen and oxygen atoms in total. The van der Waals surface area contributed by atoms with Crippen LogP contribution in [0.5, 0.6) is 0 Å². The molecule has 0 spiro atoms. The Kier molecular flexibility index (Phi) is 6.54. The molecule has 1 unspecified atom stereocenters. The number of carbonyl (C=O) groups is 1. The number of hydrogen-bond donors (Lipinski definition) is 1. The molecule has 0 fully saturated rings. The first-order valence-corrected chi connectivity index (χ1v) is 9.20. The number of rotatable bonds is 6. The van der Waals surface area contributed by atoms with E-state index in [1.54, 1.807) is 25.6 Å². The maximum atomic E-state index is 12.5. The van der Waals surface area contributed by atoms with Gasteiger partial charge in [0, 0.05) is 4.90 Å². The summed E-state index contributed by atoms with van der Waals surface area (Å²) in [7, 11) is 0. The van der Waals surface area contributed by atoms with Crippen LogP contribution in [0.2, 0.25) is 0 Å². The molecule has 1 aliphatic rings. The Morgan fingerprint density at radius 2 is 2.20 bits per heavy atom. The largest absolute Gasteiger partial charge is 0.463 e. The maximum Gasteiger partial charge on any atom is 0.338 e. The first-order valence-electron chi connectivity index (χ1n) is 8.21. The molecule has 25 heavy (non-hydrogen) atoms. The molecule has 1 heterocycles. The SMILES string of the molecule is CCCSc1cccc(C2C(C#N)=C(N)OC(C)=C2C(=O)OCC)c1. The Bertz CT molecular complexity index is 762. The van der Waals surface area contributed by atoms with E-state index in [9.17, 15) is 10.1 Å². The lowest BCUT2D eigenvalue weighted by atomic mass is 9.83. The van der Waals surface area contributed by atoms with Gasteiger partial charge in [0.15, 0.2) is 0 Å². The van der Waals surface area contributed by atoms with Crippen molar-refractivity contribution in [3.63, 3.8) is 0 Å². The molecular formula is C19H22N2O3S. The highest BCUT2D eigenvalue weighted by Crippen LogP contribution is 2.40. The molecule has 2 rings (SSSR count). The Balaban J connectivity index is 2.53. The fourth-order valence-corrected chi connectivity index (χ4v) is 3.53. The van der Waals surface area contributed by atoms with Crippen LogP contribution in [0, 0.1) is 11.3 Å². The monoisotopic (exact) mass is 358 g/mol. The van der Waals surface area contributed by atoms with E-state index in [2.05, 4.69) is 13.0 Å².